The maximum atomic E-state index is 7.34. The zero-order valence-electron chi connectivity index (χ0n) is 11.2. The molecule has 0 radical (unpaired) electrons. The molecule has 0 fully saturated rings. The van der Waals surface area contributed by atoms with Crippen LogP contribution in [0.3, 0.4) is 0 Å². The highest BCUT2D eigenvalue weighted by Crippen LogP contribution is 2.21. The fraction of sp³-hybridized carbons (Fsp3) is 0.500. The summed E-state index contributed by atoms with van der Waals surface area (Å²) in [7, 11) is 2.09. The Kier molecular flexibility index (Phi) is 4.16. The van der Waals surface area contributed by atoms with Gasteiger partial charge >= 0.3 is 0 Å². The van der Waals surface area contributed by atoms with Crippen LogP contribution in [0.15, 0.2) is 24.3 Å². The zero-order chi connectivity index (χ0) is 13.1. The zero-order valence-corrected chi connectivity index (χ0v) is 11.2. The summed E-state index contributed by atoms with van der Waals surface area (Å²) in [4.78, 5) is 2.23. The lowest BCUT2D eigenvalue weighted by atomic mass is 9.92. The molecule has 0 heterocycles. The second kappa shape index (κ2) is 5.21. The second-order valence-electron chi connectivity index (χ2n) is 5.69. The van der Waals surface area contributed by atoms with Gasteiger partial charge in [-0.15, -0.1) is 0 Å². The average molecular weight is 233 g/mol. The number of amidine groups is 1. The highest BCUT2D eigenvalue weighted by Gasteiger charge is 2.11. The molecule has 1 aromatic rings. The molecule has 0 aromatic heterocycles. The minimum atomic E-state index is 0.119. The topological polar surface area (TPSA) is 53.1 Å². The molecule has 0 amide bonds. The summed E-state index contributed by atoms with van der Waals surface area (Å²) in [5.74, 6) is 0.119. The van der Waals surface area contributed by atoms with Gasteiger partial charge < -0.3 is 10.6 Å². The third kappa shape index (κ3) is 4.47. The van der Waals surface area contributed by atoms with Crippen LogP contribution in [0.2, 0.25) is 0 Å². The molecule has 0 unspecified atom stereocenters. The summed E-state index contributed by atoms with van der Waals surface area (Å²) in [5, 5.41) is 7.34. The lowest BCUT2D eigenvalue weighted by Crippen LogP contribution is -2.23. The van der Waals surface area contributed by atoms with Gasteiger partial charge in [0.15, 0.2) is 0 Å². The monoisotopic (exact) mass is 233 g/mol. The first-order valence-electron chi connectivity index (χ1n) is 5.95. The first-order valence-corrected chi connectivity index (χ1v) is 5.95. The van der Waals surface area contributed by atoms with E-state index in [0.29, 0.717) is 5.41 Å². The standard InChI is InChI=1S/C14H23N3/c1-14(2,3)9-10-17(4)12-7-5-11(6-8-12)13(15)16/h5-8H,9-10H2,1-4H3,(H3,15,16). The Morgan fingerprint density at radius 3 is 2.18 bits per heavy atom. The summed E-state index contributed by atoms with van der Waals surface area (Å²) < 4.78 is 0. The molecule has 0 atom stereocenters. The number of nitrogen functional groups attached to an aromatic ring is 1. The van der Waals surface area contributed by atoms with Crippen LogP contribution >= 0.6 is 0 Å². The minimum absolute atomic E-state index is 0.119. The maximum Gasteiger partial charge on any atom is 0.122 e. The first kappa shape index (κ1) is 13.6. The SMILES string of the molecule is CN(CCC(C)(C)C)c1ccc(C(=N)N)cc1. The van der Waals surface area contributed by atoms with Crippen LogP contribution in [-0.4, -0.2) is 19.4 Å². The first-order chi connectivity index (χ1) is 7.79. The molecule has 0 aliphatic carbocycles. The van der Waals surface area contributed by atoms with E-state index in [1.54, 1.807) is 0 Å². The number of anilines is 1. The molecule has 0 saturated carbocycles. The fourth-order valence-electron chi connectivity index (χ4n) is 1.53. The molecule has 3 N–H and O–H groups in total. The molecular formula is C14H23N3. The Morgan fingerprint density at radius 1 is 1.24 bits per heavy atom. The predicted molar refractivity (Wildman–Crippen MR) is 74.8 cm³/mol. The summed E-state index contributed by atoms with van der Waals surface area (Å²) >= 11 is 0. The van der Waals surface area contributed by atoms with Crippen molar-refractivity contribution in [1.29, 1.82) is 5.41 Å². The normalized spacial score (nSPS) is 11.3. The summed E-state index contributed by atoms with van der Waals surface area (Å²) in [5.41, 5.74) is 7.72. The third-order valence-electron chi connectivity index (χ3n) is 2.82. The van der Waals surface area contributed by atoms with Crippen molar-refractivity contribution in [3.63, 3.8) is 0 Å². The number of nitrogens with zero attached hydrogens (tertiary/aromatic N) is 1. The van der Waals surface area contributed by atoms with E-state index < -0.39 is 0 Å². The lowest BCUT2D eigenvalue weighted by molar-refractivity contribution is 0.381. The number of hydrogen-bond donors (Lipinski definition) is 2. The van der Waals surface area contributed by atoms with Crippen molar-refractivity contribution in [3.8, 4) is 0 Å². The second-order valence-corrected chi connectivity index (χ2v) is 5.69. The Labute approximate surface area is 104 Å². The van der Waals surface area contributed by atoms with Crippen LogP contribution in [0.4, 0.5) is 5.69 Å². The number of nitrogens with one attached hydrogen (secondary N) is 1. The molecular weight excluding hydrogens is 210 g/mol. The quantitative estimate of drug-likeness (QED) is 0.620. The minimum Gasteiger partial charge on any atom is -0.384 e. The van der Waals surface area contributed by atoms with Gasteiger partial charge in [0.2, 0.25) is 0 Å². The van der Waals surface area contributed by atoms with E-state index in [4.69, 9.17) is 11.1 Å². The van der Waals surface area contributed by atoms with Crippen LogP contribution in [0, 0.1) is 10.8 Å². The predicted octanol–water partition coefficient (Wildman–Crippen LogP) is 2.84. The Bertz CT molecular complexity index is 373. The number of rotatable bonds is 4. The van der Waals surface area contributed by atoms with Gasteiger partial charge in [-0.3, -0.25) is 5.41 Å². The van der Waals surface area contributed by atoms with Crippen molar-refractivity contribution < 1.29 is 0 Å². The van der Waals surface area contributed by atoms with E-state index in [9.17, 15) is 0 Å². The van der Waals surface area contributed by atoms with Gasteiger partial charge in [0.05, 0.1) is 0 Å². The Balaban J connectivity index is 2.63. The Hall–Kier alpha value is -1.51. The van der Waals surface area contributed by atoms with Crippen LogP contribution in [0.5, 0.6) is 0 Å². The number of hydrogen-bond acceptors (Lipinski definition) is 2. The molecule has 3 nitrogen and oxygen atoms in total. The molecule has 94 valence electrons. The van der Waals surface area contributed by atoms with Crippen LogP contribution in [0.1, 0.15) is 32.8 Å². The van der Waals surface area contributed by atoms with Gasteiger partial charge in [-0.2, -0.15) is 0 Å². The summed E-state index contributed by atoms with van der Waals surface area (Å²) in [6.07, 6.45) is 1.15. The molecule has 0 aliphatic heterocycles. The van der Waals surface area contributed by atoms with Crippen LogP contribution in [-0.2, 0) is 0 Å². The van der Waals surface area contributed by atoms with E-state index in [2.05, 4.69) is 32.7 Å². The van der Waals surface area contributed by atoms with Gasteiger partial charge in [0.25, 0.3) is 0 Å². The van der Waals surface area contributed by atoms with Gasteiger partial charge in [-0.1, -0.05) is 20.8 Å². The van der Waals surface area contributed by atoms with Crippen LogP contribution in [0.25, 0.3) is 0 Å². The molecule has 0 aliphatic rings. The van der Waals surface area contributed by atoms with E-state index in [-0.39, 0.29) is 5.84 Å². The van der Waals surface area contributed by atoms with Crippen molar-refractivity contribution in [2.24, 2.45) is 11.1 Å². The molecule has 0 saturated heterocycles. The van der Waals surface area contributed by atoms with Gasteiger partial charge in [0.1, 0.15) is 5.84 Å². The number of benzene rings is 1. The van der Waals surface area contributed by atoms with Crippen molar-refractivity contribution >= 4 is 11.5 Å². The summed E-state index contributed by atoms with van der Waals surface area (Å²) in [6.45, 7) is 7.78. The molecule has 3 heteroatoms. The van der Waals surface area contributed by atoms with Crippen LogP contribution < -0.4 is 10.6 Å². The van der Waals surface area contributed by atoms with Gasteiger partial charge in [0, 0.05) is 24.8 Å². The smallest absolute Gasteiger partial charge is 0.122 e. The van der Waals surface area contributed by atoms with E-state index in [1.807, 2.05) is 24.3 Å². The third-order valence-corrected chi connectivity index (χ3v) is 2.82. The molecule has 0 spiro atoms. The largest absolute Gasteiger partial charge is 0.384 e. The van der Waals surface area contributed by atoms with E-state index in [0.717, 1.165) is 18.5 Å². The molecule has 0 bridgehead atoms. The summed E-state index contributed by atoms with van der Waals surface area (Å²) in [6, 6.07) is 7.81. The lowest BCUT2D eigenvalue weighted by Gasteiger charge is -2.25. The molecule has 1 rings (SSSR count). The van der Waals surface area contributed by atoms with Crippen molar-refractivity contribution in [3.05, 3.63) is 29.8 Å². The van der Waals surface area contributed by atoms with Crippen molar-refractivity contribution in [2.75, 3.05) is 18.5 Å². The van der Waals surface area contributed by atoms with Gasteiger partial charge in [-0.05, 0) is 36.1 Å². The highest BCUT2D eigenvalue weighted by atomic mass is 15.1. The average Bonchev–Trinajstić information content (AvgIpc) is 2.25. The maximum absolute atomic E-state index is 7.34. The molecule has 1 aromatic carbocycles. The Morgan fingerprint density at radius 2 is 1.76 bits per heavy atom. The highest BCUT2D eigenvalue weighted by molar-refractivity contribution is 5.95. The van der Waals surface area contributed by atoms with E-state index in [1.165, 1.54) is 5.69 Å². The van der Waals surface area contributed by atoms with Crippen molar-refractivity contribution in [1.82, 2.24) is 0 Å². The fourth-order valence-corrected chi connectivity index (χ4v) is 1.53. The van der Waals surface area contributed by atoms with E-state index >= 15 is 0 Å². The van der Waals surface area contributed by atoms with Gasteiger partial charge in [-0.25, -0.2) is 0 Å². The van der Waals surface area contributed by atoms with Crippen molar-refractivity contribution in [2.45, 2.75) is 27.2 Å². The number of nitrogens with two attached hydrogens (primary N) is 1. The molecule has 17 heavy (non-hydrogen) atoms.